The van der Waals surface area contributed by atoms with E-state index in [-0.39, 0.29) is 9.52 Å². The predicted molar refractivity (Wildman–Crippen MR) is 54.9 cm³/mol. The number of aromatic nitrogens is 1. The summed E-state index contributed by atoms with van der Waals surface area (Å²) in [5.74, 6) is -0.0481. The molecular formula is C8H7Br2NO. The zero-order valence-corrected chi connectivity index (χ0v) is 9.59. The quantitative estimate of drug-likeness (QED) is 0.620. The predicted octanol–water partition coefficient (Wildman–Crippen LogP) is 2.69. The fourth-order valence-corrected chi connectivity index (χ4v) is 1.28. The van der Waals surface area contributed by atoms with Gasteiger partial charge in [0.2, 0.25) is 5.78 Å². The first-order valence-corrected chi connectivity index (χ1v) is 5.20. The minimum Gasteiger partial charge on any atom is -0.290 e. The molecule has 1 heterocycles. The minimum atomic E-state index is -0.349. The van der Waals surface area contributed by atoms with E-state index >= 15 is 0 Å². The van der Waals surface area contributed by atoms with Crippen LogP contribution in [0.25, 0.3) is 0 Å². The van der Waals surface area contributed by atoms with Crippen LogP contribution in [0.2, 0.25) is 0 Å². The van der Waals surface area contributed by atoms with Gasteiger partial charge in [-0.1, -0.05) is 37.9 Å². The number of carbonyl (C=O) groups excluding carboxylic acids is 1. The summed E-state index contributed by atoms with van der Waals surface area (Å²) >= 11 is 6.28. The number of nitrogens with zero attached hydrogens (tertiary/aromatic N) is 1. The number of ketones is 1. The normalized spacial score (nSPS) is 10.3. The van der Waals surface area contributed by atoms with Gasteiger partial charge in [-0.15, -0.1) is 0 Å². The lowest BCUT2D eigenvalue weighted by Crippen LogP contribution is -2.10. The van der Waals surface area contributed by atoms with Gasteiger partial charge in [0.05, 0.1) is 0 Å². The molecule has 1 aromatic rings. The van der Waals surface area contributed by atoms with Crippen molar-refractivity contribution in [3.8, 4) is 0 Å². The van der Waals surface area contributed by atoms with Crippen molar-refractivity contribution in [2.24, 2.45) is 0 Å². The highest BCUT2D eigenvalue weighted by Crippen LogP contribution is 2.16. The molecule has 0 atom stereocenters. The molecule has 0 N–H and O–H groups in total. The summed E-state index contributed by atoms with van der Waals surface area (Å²) in [6, 6.07) is 3.67. The van der Waals surface area contributed by atoms with Crippen LogP contribution in [0.1, 0.15) is 16.1 Å². The molecule has 0 unspecified atom stereocenters. The summed E-state index contributed by atoms with van der Waals surface area (Å²) in [6.07, 6.45) is 1.61. The van der Waals surface area contributed by atoms with Gasteiger partial charge in [-0.25, -0.2) is 0 Å². The number of carbonyl (C=O) groups is 1. The maximum Gasteiger partial charge on any atom is 0.205 e. The first-order valence-electron chi connectivity index (χ1n) is 3.37. The second-order valence-corrected chi connectivity index (χ2v) is 5.39. The van der Waals surface area contributed by atoms with E-state index in [0.29, 0.717) is 5.69 Å². The molecule has 0 saturated carbocycles. The molecule has 0 spiro atoms. The fourth-order valence-electron chi connectivity index (χ4n) is 0.847. The van der Waals surface area contributed by atoms with Crippen LogP contribution >= 0.6 is 31.9 Å². The highest BCUT2D eigenvalue weighted by molar-refractivity contribution is 9.25. The van der Waals surface area contributed by atoms with Crippen LogP contribution in [0.4, 0.5) is 0 Å². The van der Waals surface area contributed by atoms with E-state index < -0.39 is 0 Å². The van der Waals surface area contributed by atoms with E-state index in [1.54, 1.807) is 6.20 Å². The molecule has 0 amide bonds. The minimum absolute atomic E-state index is 0.0481. The number of hydrogen-bond acceptors (Lipinski definition) is 2. The van der Waals surface area contributed by atoms with Crippen molar-refractivity contribution >= 4 is 37.6 Å². The van der Waals surface area contributed by atoms with Gasteiger partial charge in [0.1, 0.15) is 9.43 Å². The summed E-state index contributed by atoms with van der Waals surface area (Å²) in [6.45, 7) is 1.86. The molecule has 0 saturated heterocycles. The number of halogens is 2. The summed E-state index contributed by atoms with van der Waals surface area (Å²) in [5.41, 5.74) is 1.41. The standard InChI is InChI=1S/C8H7Br2NO/c1-5-3-2-4-11-6(5)7(12)8(9)10/h2-4,8H,1H3. The van der Waals surface area contributed by atoms with Gasteiger partial charge in [0.15, 0.2) is 0 Å². The average molecular weight is 293 g/mol. The van der Waals surface area contributed by atoms with Gasteiger partial charge < -0.3 is 0 Å². The average Bonchev–Trinajstić information content (AvgIpc) is 2.04. The van der Waals surface area contributed by atoms with Crippen molar-refractivity contribution in [1.82, 2.24) is 4.98 Å². The van der Waals surface area contributed by atoms with Gasteiger partial charge in [-0.3, -0.25) is 9.78 Å². The van der Waals surface area contributed by atoms with Crippen molar-refractivity contribution in [3.63, 3.8) is 0 Å². The number of rotatable bonds is 2. The monoisotopic (exact) mass is 291 g/mol. The van der Waals surface area contributed by atoms with Gasteiger partial charge in [0, 0.05) is 6.20 Å². The third-order valence-electron chi connectivity index (χ3n) is 1.44. The molecule has 64 valence electrons. The van der Waals surface area contributed by atoms with Crippen LogP contribution in [0.15, 0.2) is 18.3 Å². The van der Waals surface area contributed by atoms with Gasteiger partial charge in [0.25, 0.3) is 0 Å². The molecule has 0 aromatic carbocycles. The summed E-state index contributed by atoms with van der Waals surface area (Å²) in [7, 11) is 0. The Morgan fingerprint density at radius 2 is 2.25 bits per heavy atom. The fraction of sp³-hybridized carbons (Fsp3) is 0.250. The highest BCUT2D eigenvalue weighted by atomic mass is 79.9. The van der Waals surface area contributed by atoms with Crippen LogP contribution in [0.5, 0.6) is 0 Å². The number of pyridine rings is 1. The maximum absolute atomic E-state index is 11.4. The Morgan fingerprint density at radius 3 is 2.75 bits per heavy atom. The molecule has 12 heavy (non-hydrogen) atoms. The Labute approximate surface area is 87.6 Å². The van der Waals surface area contributed by atoms with E-state index in [2.05, 4.69) is 36.8 Å². The lowest BCUT2D eigenvalue weighted by atomic mass is 10.2. The van der Waals surface area contributed by atoms with Crippen molar-refractivity contribution in [3.05, 3.63) is 29.6 Å². The molecule has 0 aliphatic heterocycles. The van der Waals surface area contributed by atoms with E-state index in [0.717, 1.165) is 5.56 Å². The lowest BCUT2D eigenvalue weighted by Gasteiger charge is -2.02. The zero-order valence-electron chi connectivity index (χ0n) is 6.42. The molecule has 1 aromatic heterocycles. The topological polar surface area (TPSA) is 30.0 Å². The third kappa shape index (κ3) is 2.14. The van der Waals surface area contributed by atoms with Crippen molar-refractivity contribution < 1.29 is 4.79 Å². The number of hydrogen-bond donors (Lipinski definition) is 0. The lowest BCUT2D eigenvalue weighted by molar-refractivity contribution is 0.101. The molecule has 0 radical (unpaired) electrons. The molecule has 4 heteroatoms. The van der Waals surface area contributed by atoms with E-state index in [1.165, 1.54) is 0 Å². The Balaban J connectivity index is 3.03. The van der Waals surface area contributed by atoms with Crippen molar-refractivity contribution in [2.75, 3.05) is 0 Å². The van der Waals surface area contributed by atoms with E-state index in [1.807, 2.05) is 19.1 Å². The number of aryl methyl sites for hydroxylation is 1. The Kier molecular flexibility index (Phi) is 3.40. The molecule has 0 aliphatic carbocycles. The summed E-state index contributed by atoms with van der Waals surface area (Å²) < 4.78 is -0.349. The largest absolute Gasteiger partial charge is 0.290 e. The third-order valence-corrected chi connectivity index (χ3v) is 2.27. The summed E-state index contributed by atoms with van der Waals surface area (Å²) in [4.78, 5) is 15.4. The first kappa shape index (κ1) is 9.86. The van der Waals surface area contributed by atoms with Crippen LogP contribution < -0.4 is 0 Å². The van der Waals surface area contributed by atoms with Crippen LogP contribution in [0.3, 0.4) is 0 Å². The van der Waals surface area contributed by atoms with Crippen LogP contribution in [0, 0.1) is 6.92 Å². The van der Waals surface area contributed by atoms with Crippen molar-refractivity contribution in [2.45, 2.75) is 10.7 Å². The second kappa shape index (κ2) is 4.14. The summed E-state index contributed by atoms with van der Waals surface area (Å²) in [5, 5.41) is 0. The smallest absolute Gasteiger partial charge is 0.205 e. The Hall–Kier alpha value is -0.220. The first-order chi connectivity index (χ1) is 5.63. The Morgan fingerprint density at radius 1 is 1.58 bits per heavy atom. The number of alkyl halides is 2. The molecule has 0 bridgehead atoms. The van der Waals surface area contributed by atoms with Gasteiger partial charge in [-0.2, -0.15) is 0 Å². The zero-order chi connectivity index (χ0) is 9.14. The molecular weight excluding hydrogens is 286 g/mol. The highest BCUT2D eigenvalue weighted by Gasteiger charge is 2.16. The molecule has 2 nitrogen and oxygen atoms in total. The molecule has 0 fully saturated rings. The molecule has 0 aliphatic rings. The Bertz CT molecular complexity index is 299. The second-order valence-electron chi connectivity index (χ2n) is 2.33. The SMILES string of the molecule is Cc1cccnc1C(=O)C(Br)Br. The van der Waals surface area contributed by atoms with Crippen molar-refractivity contribution in [1.29, 1.82) is 0 Å². The molecule has 1 rings (SSSR count). The number of Topliss-reactive ketones (excluding diaryl/α,β-unsaturated/α-hetero) is 1. The van der Waals surface area contributed by atoms with Crippen LogP contribution in [-0.4, -0.2) is 14.5 Å². The van der Waals surface area contributed by atoms with E-state index in [4.69, 9.17) is 0 Å². The van der Waals surface area contributed by atoms with Crippen LogP contribution in [-0.2, 0) is 0 Å². The van der Waals surface area contributed by atoms with Gasteiger partial charge >= 0.3 is 0 Å². The van der Waals surface area contributed by atoms with Gasteiger partial charge in [-0.05, 0) is 18.6 Å². The maximum atomic E-state index is 11.4. The van der Waals surface area contributed by atoms with E-state index in [9.17, 15) is 4.79 Å².